The number of benzene rings is 2. The molecule has 0 unspecified atom stereocenters. The van der Waals surface area contributed by atoms with E-state index in [1.807, 2.05) is 30.3 Å². The predicted octanol–water partition coefficient (Wildman–Crippen LogP) is 3.59. The Morgan fingerprint density at radius 1 is 1.09 bits per heavy atom. The third-order valence-corrected chi connectivity index (χ3v) is 3.18. The first-order valence-electron chi connectivity index (χ1n) is 6.62. The molecule has 0 saturated heterocycles. The van der Waals surface area contributed by atoms with E-state index in [1.165, 1.54) is 12.3 Å². The number of nitro benzene ring substituents is 1. The Morgan fingerprint density at radius 3 is 2.73 bits per heavy atom. The summed E-state index contributed by atoms with van der Waals surface area (Å²) in [5, 5.41) is 17.0. The number of para-hydroxylation sites is 1. The van der Waals surface area contributed by atoms with Crippen LogP contribution in [0.3, 0.4) is 0 Å². The Morgan fingerprint density at radius 2 is 1.86 bits per heavy atom. The normalized spacial score (nSPS) is 10.9. The van der Waals surface area contributed by atoms with Gasteiger partial charge in [0.25, 0.3) is 5.69 Å². The molecule has 0 fully saturated rings. The molecular weight excluding hydrogens is 280 g/mol. The fourth-order valence-electron chi connectivity index (χ4n) is 2.13. The van der Waals surface area contributed by atoms with Crippen LogP contribution in [0.2, 0.25) is 0 Å². The number of nitrogens with zero attached hydrogens (tertiary/aromatic N) is 3. The maximum absolute atomic E-state index is 10.9. The number of rotatable bonds is 4. The van der Waals surface area contributed by atoms with Crippen molar-refractivity contribution in [1.82, 2.24) is 4.98 Å². The van der Waals surface area contributed by atoms with E-state index in [4.69, 9.17) is 0 Å². The van der Waals surface area contributed by atoms with Gasteiger partial charge in [0.2, 0.25) is 0 Å². The molecule has 0 aliphatic rings. The highest BCUT2D eigenvalue weighted by Gasteiger charge is 2.09. The molecule has 1 heterocycles. The van der Waals surface area contributed by atoms with Crippen molar-refractivity contribution < 1.29 is 4.92 Å². The molecule has 0 bridgehead atoms. The van der Waals surface area contributed by atoms with E-state index in [1.54, 1.807) is 24.4 Å². The van der Waals surface area contributed by atoms with Gasteiger partial charge in [-0.1, -0.05) is 36.4 Å². The van der Waals surface area contributed by atoms with Gasteiger partial charge in [0.1, 0.15) is 0 Å². The zero-order valence-electron chi connectivity index (χ0n) is 11.5. The van der Waals surface area contributed by atoms with Gasteiger partial charge in [0.05, 0.1) is 16.7 Å². The molecule has 2 aromatic carbocycles. The Labute approximate surface area is 126 Å². The van der Waals surface area contributed by atoms with E-state index in [2.05, 4.69) is 15.5 Å². The van der Waals surface area contributed by atoms with E-state index in [0.717, 1.165) is 10.8 Å². The fraction of sp³-hybridized carbons (Fsp3) is 0. The van der Waals surface area contributed by atoms with Crippen molar-refractivity contribution in [3.63, 3.8) is 0 Å². The first-order valence-corrected chi connectivity index (χ1v) is 6.62. The second kappa shape index (κ2) is 6.01. The quantitative estimate of drug-likeness (QED) is 0.452. The molecule has 1 aromatic heterocycles. The van der Waals surface area contributed by atoms with Gasteiger partial charge >= 0.3 is 0 Å². The van der Waals surface area contributed by atoms with Gasteiger partial charge in [-0.2, -0.15) is 5.10 Å². The number of hydrogen-bond acceptors (Lipinski definition) is 5. The minimum absolute atomic E-state index is 0.0129. The Balaban J connectivity index is 1.87. The van der Waals surface area contributed by atoms with E-state index in [-0.39, 0.29) is 5.69 Å². The third kappa shape index (κ3) is 2.76. The van der Waals surface area contributed by atoms with Crippen molar-refractivity contribution in [1.29, 1.82) is 0 Å². The summed E-state index contributed by atoms with van der Waals surface area (Å²) in [6, 6.07) is 16.1. The summed E-state index contributed by atoms with van der Waals surface area (Å²) in [6.07, 6.45) is 3.10. The van der Waals surface area contributed by atoms with E-state index in [9.17, 15) is 10.1 Å². The SMILES string of the molecule is O=[N+]([O-])c1ccccc1/C=N/Nc1nccc2ccccc12. The summed E-state index contributed by atoms with van der Waals surface area (Å²) in [7, 11) is 0. The number of hydrogen-bond donors (Lipinski definition) is 1. The van der Waals surface area contributed by atoms with Gasteiger partial charge in [-0.15, -0.1) is 0 Å². The zero-order chi connectivity index (χ0) is 15.4. The number of aromatic nitrogens is 1. The Hall–Kier alpha value is -3.28. The molecule has 0 aliphatic carbocycles. The molecule has 6 heteroatoms. The number of nitro groups is 1. The summed E-state index contributed by atoms with van der Waals surface area (Å²) in [4.78, 5) is 14.7. The standard InChI is InChI=1S/C16H12N4O2/c21-20(22)15-8-4-2-6-13(15)11-18-19-16-14-7-3-1-5-12(14)9-10-17-16/h1-11H,(H,17,19)/b18-11+. The molecular formula is C16H12N4O2. The molecule has 0 spiro atoms. The van der Waals surface area contributed by atoms with Crippen molar-refractivity contribution in [2.45, 2.75) is 0 Å². The van der Waals surface area contributed by atoms with Crippen LogP contribution in [0, 0.1) is 10.1 Å². The molecule has 0 saturated carbocycles. The fourth-order valence-corrected chi connectivity index (χ4v) is 2.13. The predicted molar refractivity (Wildman–Crippen MR) is 86.1 cm³/mol. The van der Waals surface area contributed by atoms with Crippen molar-refractivity contribution in [3.05, 3.63) is 76.5 Å². The van der Waals surface area contributed by atoms with Gasteiger partial charge in [0, 0.05) is 17.6 Å². The van der Waals surface area contributed by atoms with Gasteiger partial charge in [-0.25, -0.2) is 4.98 Å². The average Bonchev–Trinajstić information content (AvgIpc) is 2.55. The number of fused-ring (bicyclic) bond motifs is 1. The van der Waals surface area contributed by atoms with E-state index >= 15 is 0 Å². The van der Waals surface area contributed by atoms with Crippen LogP contribution in [0.5, 0.6) is 0 Å². The number of nitrogens with one attached hydrogen (secondary N) is 1. The largest absolute Gasteiger partial charge is 0.278 e. The highest BCUT2D eigenvalue weighted by atomic mass is 16.6. The van der Waals surface area contributed by atoms with Crippen molar-refractivity contribution >= 4 is 28.5 Å². The minimum atomic E-state index is -0.433. The van der Waals surface area contributed by atoms with E-state index < -0.39 is 4.92 Å². The first kappa shape index (κ1) is 13.7. The molecule has 0 aliphatic heterocycles. The molecule has 0 radical (unpaired) electrons. The topological polar surface area (TPSA) is 80.4 Å². The lowest BCUT2D eigenvalue weighted by Gasteiger charge is -2.04. The Kier molecular flexibility index (Phi) is 3.74. The van der Waals surface area contributed by atoms with Crippen LogP contribution in [0.15, 0.2) is 65.9 Å². The van der Waals surface area contributed by atoms with Crippen LogP contribution in [0.25, 0.3) is 10.8 Å². The summed E-state index contributed by atoms with van der Waals surface area (Å²) < 4.78 is 0. The van der Waals surface area contributed by atoms with Gasteiger partial charge in [-0.05, 0) is 17.5 Å². The molecule has 3 rings (SSSR count). The van der Waals surface area contributed by atoms with Crippen LogP contribution in [0.1, 0.15) is 5.56 Å². The molecule has 6 nitrogen and oxygen atoms in total. The smallest absolute Gasteiger partial charge is 0.261 e. The average molecular weight is 292 g/mol. The van der Waals surface area contributed by atoms with Crippen LogP contribution >= 0.6 is 0 Å². The number of hydrazone groups is 1. The van der Waals surface area contributed by atoms with Crippen molar-refractivity contribution in [3.8, 4) is 0 Å². The molecule has 0 atom stereocenters. The van der Waals surface area contributed by atoms with Crippen molar-refractivity contribution in [2.75, 3.05) is 5.43 Å². The van der Waals surface area contributed by atoms with Gasteiger partial charge in [-0.3, -0.25) is 15.5 Å². The van der Waals surface area contributed by atoms with Crippen LogP contribution in [-0.2, 0) is 0 Å². The maximum Gasteiger partial charge on any atom is 0.278 e. The second-order valence-corrected chi connectivity index (χ2v) is 4.57. The lowest BCUT2D eigenvalue weighted by molar-refractivity contribution is -0.385. The van der Waals surface area contributed by atoms with Gasteiger partial charge in [0.15, 0.2) is 5.82 Å². The maximum atomic E-state index is 10.9. The first-order chi connectivity index (χ1) is 10.8. The summed E-state index contributed by atoms with van der Waals surface area (Å²) in [5.41, 5.74) is 3.28. The zero-order valence-corrected chi connectivity index (χ0v) is 11.5. The Bertz CT molecular complexity index is 856. The second-order valence-electron chi connectivity index (χ2n) is 4.57. The lowest BCUT2D eigenvalue weighted by Crippen LogP contribution is -1.97. The van der Waals surface area contributed by atoms with Gasteiger partial charge < -0.3 is 0 Å². The molecule has 0 amide bonds. The molecule has 108 valence electrons. The minimum Gasteiger partial charge on any atom is -0.261 e. The van der Waals surface area contributed by atoms with Crippen LogP contribution < -0.4 is 5.43 Å². The summed E-state index contributed by atoms with van der Waals surface area (Å²) in [6.45, 7) is 0. The summed E-state index contributed by atoms with van der Waals surface area (Å²) >= 11 is 0. The monoisotopic (exact) mass is 292 g/mol. The van der Waals surface area contributed by atoms with Crippen LogP contribution in [-0.4, -0.2) is 16.1 Å². The van der Waals surface area contributed by atoms with E-state index in [0.29, 0.717) is 11.4 Å². The molecule has 1 N–H and O–H groups in total. The van der Waals surface area contributed by atoms with Crippen LogP contribution in [0.4, 0.5) is 11.5 Å². The highest BCUT2D eigenvalue weighted by molar-refractivity contribution is 5.92. The molecule has 22 heavy (non-hydrogen) atoms. The summed E-state index contributed by atoms with van der Waals surface area (Å²) in [5.74, 6) is 0.605. The lowest BCUT2D eigenvalue weighted by atomic mass is 10.2. The highest BCUT2D eigenvalue weighted by Crippen LogP contribution is 2.20. The van der Waals surface area contributed by atoms with Crippen molar-refractivity contribution in [2.24, 2.45) is 5.10 Å². The third-order valence-electron chi connectivity index (χ3n) is 3.18. The number of anilines is 1. The molecule has 3 aromatic rings. The number of pyridine rings is 1.